The van der Waals surface area contributed by atoms with E-state index < -0.39 is 24.1 Å². The Bertz CT molecular complexity index is 193. The van der Waals surface area contributed by atoms with Gasteiger partial charge in [0.25, 0.3) is 0 Å². The summed E-state index contributed by atoms with van der Waals surface area (Å²) in [5.41, 5.74) is 4.74. The minimum absolute atomic E-state index is 0.285. The second-order valence-corrected chi connectivity index (χ2v) is 2.83. The van der Waals surface area contributed by atoms with Gasteiger partial charge in [0.15, 0.2) is 0 Å². The van der Waals surface area contributed by atoms with E-state index >= 15 is 0 Å². The number of rotatable bonds is 4. The summed E-state index contributed by atoms with van der Waals surface area (Å²) in [6, 6.07) is -1.43. The highest BCUT2D eigenvalue weighted by molar-refractivity contribution is 5.96. The Labute approximate surface area is 76.5 Å². The Morgan fingerprint density at radius 3 is 2.38 bits per heavy atom. The van der Waals surface area contributed by atoms with E-state index in [2.05, 4.69) is 5.32 Å². The van der Waals surface area contributed by atoms with Crippen molar-refractivity contribution in [2.24, 2.45) is 5.73 Å². The van der Waals surface area contributed by atoms with Gasteiger partial charge in [-0.1, -0.05) is 0 Å². The van der Waals surface area contributed by atoms with Gasteiger partial charge in [-0.15, -0.1) is 0 Å². The van der Waals surface area contributed by atoms with Crippen molar-refractivity contribution in [2.75, 3.05) is 6.54 Å². The molecule has 2 atom stereocenters. The molecule has 0 aromatic rings. The van der Waals surface area contributed by atoms with Crippen LogP contribution in [0.4, 0.5) is 4.79 Å². The molecule has 2 unspecified atom stereocenters. The number of primary amides is 1. The third-order valence-corrected chi connectivity index (χ3v) is 1.36. The van der Waals surface area contributed by atoms with Crippen LogP contribution in [0.2, 0.25) is 0 Å². The molecule has 0 radical (unpaired) electrons. The zero-order valence-electron chi connectivity index (χ0n) is 7.70. The summed E-state index contributed by atoms with van der Waals surface area (Å²) in [5, 5.41) is 13.5. The van der Waals surface area contributed by atoms with Gasteiger partial charge in [-0.2, -0.15) is 0 Å². The lowest BCUT2D eigenvalue weighted by atomic mass is 10.3. The fraction of sp³-hybridized carbons (Fsp3) is 0.714. The van der Waals surface area contributed by atoms with Crippen molar-refractivity contribution in [3.63, 3.8) is 0 Å². The highest BCUT2D eigenvalue weighted by Gasteiger charge is 2.13. The monoisotopic (exact) mass is 189 g/mol. The molecule has 0 bridgehead atoms. The van der Waals surface area contributed by atoms with E-state index in [0.717, 1.165) is 0 Å². The summed E-state index contributed by atoms with van der Waals surface area (Å²) in [6.07, 6.45) is -0.538. The summed E-state index contributed by atoms with van der Waals surface area (Å²) in [6.45, 7) is 3.44. The summed E-state index contributed by atoms with van der Waals surface area (Å²) in [7, 11) is 0. The zero-order valence-corrected chi connectivity index (χ0v) is 7.70. The van der Waals surface area contributed by atoms with Crippen molar-refractivity contribution < 1.29 is 14.7 Å². The third-order valence-electron chi connectivity index (χ3n) is 1.36. The van der Waals surface area contributed by atoms with Crippen molar-refractivity contribution in [2.45, 2.75) is 26.0 Å². The van der Waals surface area contributed by atoms with E-state index in [4.69, 9.17) is 10.8 Å². The summed E-state index contributed by atoms with van der Waals surface area (Å²) >= 11 is 0. The average Bonchev–Trinajstić information content (AvgIpc) is 1.98. The van der Waals surface area contributed by atoms with Gasteiger partial charge in [0, 0.05) is 6.54 Å². The van der Waals surface area contributed by atoms with Crippen LogP contribution in [-0.2, 0) is 4.79 Å². The molecule has 13 heavy (non-hydrogen) atoms. The Hall–Kier alpha value is -1.14. The maximum absolute atomic E-state index is 11.0. The minimum Gasteiger partial charge on any atom is -0.392 e. The molecule has 6 heteroatoms. The number of carbonyl (C=O) groups excluding carboxylic acids is 2. The summed E-state index contributed by atoms with van der Waals surface area (Å²) in [5.74, 6) is -0.506. The van der Waals surface area contributed by atoms with Crippen LogP contribution in [-0.4, -0.2) is 35.7 Å². The normalized spacial score (nSPS) is 14.7. The van der Waals surface area contributed by atoms with Gasteiger partial charge >= 0.3 is 6.03 Å². The summed E-state index contributed by atoms with van der Waals surface area (Å²) in [4.78, 5) is 21.3. The lowest BCUT2D eigenvalue weighted by molar-refractivity contribution is -0.121. The second kappa shape index (κ2) is 5.50. The standard InChI is InChI=1S/C7H15N3O3/c1-4(11)3-9-5(2)6(12)10-7(8)13/h4-5,9,11H,3H2,1-2H3,(H3,8,10,12,13). The second-order valence-electron chi connectivity index (χ2n) is 2.83. The number of imide groups is 1. The molecule has 5 N–H and O–H groups in total. The average molecular weight is 189 g/mol. The van der Waals surface area contributed by atoms with Gasteiger partial charge in [0.05, 0.1) is 12.1 Å². The lowest BCUT2D eigenvalue weighted by Gasteiger charge is -2.13. The largest absolute Gasteiger partial charge is 0.392 e. The number of hydrogen-bond donors (Lipinski definition) is 4. The Kier molecular flexibility index (Phi) is 5.01. The van der Waals surface area contributed by atoms with Crippen molar-refractivity contribution in [1.82, 2.24) is 10.6 Å². The van der Waals surface area contributed by atoms with E-state index in [9.17, 15) is 9.59 Å². The van der Waals surface area contributed by atoms with Gasteiger partial charge < -0.3 is 16.2 Å². The fourth-order valence-electron chi connectivity index (χ4n) is 0.670. The van der Waals surface area contributed by atoms with Crippen molar-refractivity contribution in [3.05, 3.63) is 0 Å². The highest BCUT2D eigenvalue weighted by Crippen LogP contribution is 1.83. The number of urea groups is 1. The van der Waals surface area contributed by atoms with Gasteiger partial charge in [-0.3, -0.25) is 10.1 Å². The van der Waals surface area contributed by atoms with E-state index in [1.807, 2.05) is 5.32 Å². The molecule has 0 spiro atoms. The molecule has 0 aromatic carbocycles. The van der Waals surface area contributed by atoms with Crippen LogP contribution in [0.15, 0.2) is 0 Å². The van der Waals surface area contributed by atoms with Crippen molar-refractivity contribution in [3.8, 4) is 0 Å². The van der Waals surface area contributed by atoms with E-state index in [0.29, 0.717) is 0 Å². The summed E-state index contributed by atoms with van der Waals surface area (Å²) < 4.78 is 0. The van der Waals surface area contributed by atoms with Crippen LogP contribution >= 0.6 is 0 Å². The molecule has 0 rings (SSSR count). The predicted octanol–water partition coefficient (Wildman–Crippen LogP) is -1.46. The number of carbonyl (C=O) groups is 2. The number of nitrogens with two attached hydrogens (primary N) is 1. The third kappa shape index (κ3) is 6.06. The number of nitrogens with one attached hydrogen (secondary N) is 2. The number of hydrogen-bond acceptors (Lipinski definition) is 4. The van der Waals surface area contributed by atoms with Crippen molar-refractivity contribution >= 4 is 11.9 Å². The minimum atomic E-state index is -0.879. The molecular weight excluding hydrogens is 174 g/mol. The van der Waals surface area contributed by atoms with Crippen LogP contribution in [0.1, 0.15) is 13.8 Å². The predicted molar refractivity (Wildman–Crippen MR) is 46.9 cm³/mol. The van der Waals surface area contributed by atoms with Crippen LogP contribution in [0.25, 0.3) is 0 Å². The van der Waals surface area contributed by atoms with E-state index in [1.54, 1.807) is 13.8 Å². The topological polar surface area (TPSA) is 104 Å². The lowest BCUT2D eigenvalue weighted by Crippen LogP contribution is -2.47. The fourth-order valence-corrected chi connectivity index (χ4v) is 0.670. The van der Waals surface area contributed by atoms with Gasteiger partial charge in [0.1, 0.15) is 0 Å². The first-order valence-corrected chi connectivity index (χ1v) is 3.95. The molecule has 6 nitrogen and oxygen atoms in total. The number of amides is 3. The van der Waals surface area contributed by atoms with Gasteiger partial charge in [-0.25, -0.2) is 4.79 Å². The Morgan fingerprint density at radius 1 is 1.46 bits per heavy atom. The van der Waals surface area contributed by atoms with Crippen molar-refractivity contribution in [1.29, 1.82) is 0 Å². The molecular formula is C7H15N3O3. The van der Waals surface area contributed by atoms with Crippen LogP contribution < -0.4 is 16.4 Å². The van der Waals surface area contributed by atoms with Gasteiger partial charge in [-0.05, 0) is 13.8 Å². The molecule has 0 saturated carbocycles. The Balaban J connectivity index is 3.76. The highest BCUT2D eigenvalue weighted by atomic mass is 16.3. The van der Waals surface area contributed by atoms with E-state index in [-0.39, 0.29) is 6.54 Å². The maximum Gasteiger partial charge on any atom is 0.318 e. The molecule has 0 aliphatic rings. The first kappa shape index (κ1) is 11.9. The SMILES string of the molecule is CC(O)CNC(C)C(=O)NC(N)=O. The molecule has 0 fully saturated rings. The smallest absolute Gasteiger partial charge is 0.318 e. The van der Waals surface area contributed by atoms with Gasteiger partial charge in [0.2, 0.25) is 5.91 Å². The molecule has 0 aromatic heterocycles. The molecule has 0 heterocycles. The molecule has 0 saturated heterocycles. The molecule has 76 valence electrons. The quantitative estimate of drug-likeness (QED) is 0.434. The number of aliphatic hydroxyl groups is 1. The first-order valence-electron chi connectivity index (χ1n) is 3.95. The van der Waals surface area contributed by atoms with Crippen LogP contribution in [0.5, 0.6) is 0 Å². The zero-order chi connectivity index (χ0) is 10.4. The first-order chi connectivity index (χ1) is 5.93. The van der Waals surface area contributed by atoms with E-state index in [1.165, 1.54) is 0 Å². The van der Waals surface area contributed by atoms with Crippen LogP contribution in [0.3, 0.4) is 0 Å². The maximum atomic E-state index is 11.0. The van der Waals surface area contributed by atoms with Crippen LogP contribution in [0, 0.1) is 0 Å². The number of aliphatic hydroxyl groups excluding tert-OH is 1. The Morgan fingerprint density at radius 2 is 2.00 bits per heavy atom. The molecule has 0 aliphatic heterocycles. The molecule has 3 amide bonds. The molecule has 0 aliphatic carbocycles.